The van der Waals surface area contributed by atoms with Gasteiger partial charge in [-0.15, -0.1) is 0 Å². The van der Waals surface area contributed by atoms with E-state index in [0.717, 1.165) is 10.9 Å². The summed E-state index contributed by atoms with van der Waals surface area (Å²) in [5, 5.41) is 2.73. The number of carbonyl (C=O) groups is 2. The van der Waals surface area contributed by atoms with Gasteiger partial charge in [-0.05, 0) is 48.7 Å². The molecule has 132 valence electrons. The molecule has 2 aromatic carbocycles. The monoisotopic (exact) mass is 405 g/mol. The summed E-state index contributed by atoms with van der Waals surface area (Å²) in [4.78, 5) is 23.3. The van der Waals surface area contributed by atoms with E-state index in [1.807, 2.05) is 43.3 Å². The first-order chi connectivity index (χ1) is 12.0. The molecule has 0 aliphatic carbocycles. The van der Waals surface area contributed by atoms with Crippen molar-refractivity contribution >= 4 is 27.8 Å². The minimum Gasteiger partial charge on any atom is -0.482 e. The van der Waals surface area contributed by atoms with Crippen LogP contribution in [0, 0.1) is 6.92 Å². The van der Waals surface area contributed by atoms with Crippen LogP contribution in [0.2, 0.25) is 0 Å². The highest BCUT2D eigenvalue weighted by Crippen LogP contribution is 2.15. The number of hydrogen-bond donors (Lipinski definition) is 1. The maximum atomic E-state index is 11.7. The van der Waals surface area contributed by atoms with Crippen LogP contribution >= 0.6 is 15.9 Å². The van der Waals surface area contributed by atoms with Crippen LogP contribution in [-0.4, -0.2) is 31.6 Å². The van der Waals surface area contributed by atoms with Gasteiger partial charge in [0.2, 0.25) is 0 Å². The molecule has 0 aliphatic heterocycles. The van der Waals surface area contributed by atoms with Gasteiger partial charge in [0.25, 0.3) is 5.91 Å². The summed E-state index contributed by atoms with van der Waals surface area (Å²) in [6.07, 6.45) is 0.735. The number of halogens is 1. The van der Waals surface area contributed by atoms with Crippen LogP contribution in [0.5, 0.6) is 5.75 Å². The maximum absolute atomic E-state index is 11.7. The van der Waals surface area contributed by atoms with Crippen molar-refractivity contribution < 1.29 is 19.1 Å². The van der Waals surface area contributed by atoms with E-state index < -0.39 is 5.97 Å². The minimum absolute atomic E-state index is 0.238. The second kappa shape index (κ2) is 9.84. The molecule has 0 saturated carbocycles. The summed E-state index contributed by atoms with van der Waals surface area (Å²) < 4.78 is 11.1. The molecule has 6 heteroatoms. The Morgan fingerprint density at radius 2 is 1.76 bits per heavy atom. The Balaban J connectivity index is 1.61. The molecule has 1 N–H and O–H groups in total. The summed E-state index contributed by atoms with van der Waals surface area (Å²) in [6.45, 7) is 1.98. The van der Waals surface area contributed by atoms with E-state index in [9.17, 15) is 9.59 Å². The number of nitrogens with one attached hydrogen (secondary N) is 1. The van der Waals surface area contributed by atoms with E-state index in [1.165, 1.54) is 11.1 Å². The van der Waals surface area contributed by atoms with Gasteiger partial charge in [-0.25, -0.2) is 4.79 Å². The Morgan fingerprint density at radius 3 is 2.48 bits per heavy atom. The molecular weight excluding hydrogens is 386 g/mol. The third kappa shape index (κ3) is 6.97. The molecule has 2 rings (SSSR count). The Kier molecular flexibility index (Phi) is 7.47. The number of esters is 1. The van der Waals surface area contributed by atoms with Crippen LogP contribution in [0.3, 0.4) is 0 Å². The van der Waals surface area contributed by atoms with Crippen LogP contribution in [0.15, 0.2) is 53.0 Å². The van der Waals surface area contributed by atoms with Gasteiger partial charge in [0.1, 0.15) is 5.75 Å². The zero-order valence-electron chi connectivity index (χ0n) is 14.0. The molecule has 0 heterocycles. The lowest BCUT2D eigenvalue weighted by atomic mass is 10.1. The van der Waals surface area contributed by atoms with Gasteiger partial charge in [-0.2, -0.15) is 0 Å². The smallest absolute Gasteiger partial charge is 0.344 e. The molecule has 5 nitrogen and oxygen atoms in total. The molecule has 0 aromatic heterocycles. The number of aryl methyl sites for hydroxylation is 1. The van der Waals surface area contributed by atoms with E-state index in [1.54, 1.807) is 12.1 Å². The summed E-state index contributed by atoms with van der Waals surface area (Å²) in [5.41, 5.74) is 2.37. The lowest BCUT2D eigenvalue weighted by Crippen LogP contribution is -2.31. The Hall–Kier alpha value is -2.34. The number of carbonyl (C=O) groups excluding carboxylic acids is 2. The maximum Gasteiger partial charge on any atom is 0.344 e. The van der Waals surface area contributed by atoms with Crippen molar-refractivity contribution in [3.05, 3.63) is 64.1 Å². The van der Waals surface area contributed by atoms with Crippen LogP contribution in [0.4, 0.5) is 0 Å². The highest BCUT2D eigenvalue weighted by Gasteiger charge is 2.08. The molecule has 0 spiro atoms. The van der Waals surface area contributed by atoms with E-state index in [0.29, 0.717) is 12.3 Å². The SMILES string of the molecule is Cc1ccccc1CCNC(=O)COC(=O)COc1ccc(Br)cc1. The topological polar surface area (TPSA) is 64.6 Å². The van der Waals surface area contributed by atoms with Crippen molar-refractivity contribution in [2.24, 2.45) is 0 Å². The second-order valence-electron chi connectivity index (χ2n) is 5.43. The fourth-order valence-corrected chi connectivity index (χ4v) is 2.40. The quantitative estimate of drug-likeness (QED) is 0.685. The number of amides is 1. The summed E-state index contributed by atoms with van der Waals surface area (Å²) in [7, 11) is 0. The molecule has 0 bridgehead atoms. The highest BCUT2D eigenvalue weighted by atomic mass is 79.9. The van der Waals surface area contributed by atoms with Crippen molar-refractivity contribution in [2.45, 2.75) is 13.3 Å². The average Bonchev–Trinajstić information content (AvgIpc) is 2.61. The van der Waals surface area contributed by atoms with Crippen molar-refractivity contribution in [1.82, 2.24) is 5.32 Å². The molecular formula is C19H20BrNO4. The first-order valence-electron chi connectivity index (χ1n) is 7.90. The van der Waals surface area contributed by atoms with Crippen molar-refractivity contribution in [2.75, 3.05) is 19.8 Å². The van der Waals surface area contributed by atoms with E-state index in [4.69, 9.17) is 9.47 Å². The largest absolute Gasteiger partial charge is 0.482 e. The number of benzene rings is 2. The zero-order chi connectivity index (χ0) is 18.1. The first kappa shape index (κ1) is 19.0. The highest BCUT2D eigenvalue weighted by molar-refractivity contribution is 9.10. The van der Waals surface area contributed by atoms with E-state index in [2.05, 4.69) is 21.2 Å². The van der Waals surface area contributed by atoms with Crippen molar-refractivity contribution in [3.63, 3.8) is 0 Å². The molecule has 2 aromatic rings. The summed E-state index contributed by atoms with van der Waals surface area (Å²) in [6, 6.07) is 15.1. The van der Waals surface area contributed by atoms with Gasteiger partial charge in [-0.3, -0.25) is 4.79 Å². The van der Waals surface area contributed by atoms with Gasteiger partial charge in [-0.1, -0.05) is 40.2 Å². The van der Waals surface area contributed by atoms with E-state index >= 15 is 0 Å². The molecule has 0 radical (unpaired) electrons. The minimum atomic E-state index is -0.586. The lowest BCUT2D eigenvalue weighted by Gasteiger charge is -2.09. The van der Waals surface area contributed by atoms with Gasteiger partial charge < -0.3 is 14.8 Å². The van der Waals surface area contributed by atoms with Crippen LogP contribution in [-0.2, 0) is 20.7 Å². The van der Waals surface area contributed by atoms with Gasteiger partial charge >= 0.3 is 5.97 Å². The van der Waals surface area contributed by atoms with Crippen LogP contribution in [0.25, 0.3) is 0 Å². The van der Waals surface area contributed by atoms with Crippen LogP contribution in [0.1, 0.15) is 11.1 Å². The number of hydrogen-bond acceptors (Lipinski definition) is 4. The van der Waals surface area contributed by atoms with Crippen molar-refractivity contribution in [3.8, 4) is 5.75 Å². The summed E-state index contributed by atoms with van der Waals surface area (Å²) >= 11 is 3.31. The normalized spacial score (nSPS) is 10.2. The predicted octanol–water partition coefficient (Wildman–Crippen LogP) is 3.04. The fourth-order valence-electron chi connectivity index (χ4n) is 2.14. The molecule has 0 unspecified atom stereocenters. The number of ether oxygens (including phenoxy) is 2. The average molecular weight is 406 g/mol. The Morgan fingerprint density at radius 1 is 1.04 bits per heavy atom. The fraction of sp³-hybridized carbons (Fsp3) is 0.263. The van der Waals surface area contributed by atoms with Crippen molar-refractivity contribution in [1.29, 1.82) is 0 Å². The lowest BCUT2D eigenvalue weighted by molar-refractivity contribution is -0.150. The van der Waals surface area contributed by atoms with E-state index in [-0.39, 0.29) is 19.1 Å². The first-order valence-corrected chi connectivity index (χ1v) is 8.69. The Labute approximate surface area is 155 Å². The molecule has 25 heavy (non-hydrogen) atoms. The zero-order valence-corrected chi connectivity index (χ0v) is 15.5. The Bertz CT molecular complexity index is 716. The number of rotatable bonds is 8. The van der Waals surface area contributed by atoms with Gasteiger partial charge in [0, 0.05) is 11.0 Å². The van der Waals surface area contributed by atoms with Gasteiger partial charge in [0.15, 0.2) is 13.2 Å². The predicted molar refractivity (Wildman–Crippen MR) is 98.5 cm³/mol. The molecule has 0 fully saturated rings. The molecule has 0 atom stereocenters. The molecule has 0 aliphatic rings. The second-order valence-corrected chi connectivity index (χ2v) is 6.35. The third-order valence-electron chi connectivity index (χ3n) is 3.51. The third-order valence-corrected chi connectivity index (χ3v) is 4.04. The molecule has 0 saturated heterocycles. The standard InChI is InChI=1S/C19H20BrNO4/c1-14-4-2-3-5-15(14)10-11-21-18(22)12-25-19(23)13-24-17-8-6-16(20)7-9-17/h2-9H,10-13H2,1H3,(H,21,22). The summed E-state index contributed by atoms with van der Waals surface area (Å²) in [5.74, 6) is -0.356. The molecule has 1 amide bonds. The van der Waals surface area contributed by atoms with Crippen LogP contribution < -0.4 is 10.1 Å². The van der Waals surface area contributed by atoms with Gasteiger partial charge in [0.05, 0.1) is 0 Å².